The van der Waals surface area contributed by atoms with Crippen molar-refractivity contribution in [3.05, 3.63) is 100 Å². The van der Waals surface area contributed by atoms with E-state index in [0.29, 0.717) is 49.1 Å². The lowest BCUT2D eigenvalue weighted by Gasteiger charge is -2.35. The molecular formula is C31H29FN6O2S2. The number of hydrogen-bond donors (Lipinski definition) is 0. The molecule has 1 aliphatic heterocycles. The van der Waals surface area contributed by atoms with Gasteiger partial charge >= 0.3 is 0 Å². The van der Waals surface area contributed by atoms with Crippen molar-refractivity contribution >= 4 is 34.7 Å². The van der Waals surface area contributed by atoms with E-state index in [9.17, 15) is 9.18 Å². The zero-order valence-corrected chi connectivity index (χ0v) is 24.9. The summed E-state index contributed by atoms with van der Waals surface area (Å²) in [5.41, 5.74) is 4.03. The number of carbonyl (C=O) groups excluding carboxylic acids is 1. The molecule has 0 atom stereocenters. The molecule has 0 aliphatic carbocycles. The summed E-state index contributed by atoms with van der Waals surface area (Å²) in [7, 11) is 1.64. The normalized spacial score (nSPS) is 13.4. The summed E-state index contributed by atoms with van der Waals surface area (Å²) < 4.78 is 21.7. The summed E-state index contributed by atoms with van der Waals surface area (Å²) in [6.07, 6.45) is 0. The number of anilines is 1. The molecule has 214 valence electrons. The number of aromatic nitrogens is 4. The molecule has 0 spiro atoms. The molecule has 1 fully saturated rings. The minimum absolute atomic E-state index is 0.0983. The van der Waals surface area contributed by atoms with Crippen LogP contribution in [0.5, 0.6) is 5.75 Å². The van der Waals surface area contributed by atoms with Gasteiger partial charge in [-0.1, -0.05) is 53.7 Å². The number of carbonyl (C=O) groups is 1. The fourth-order valence-corrected chi connectivity index (χ4v) is 6.60. The Morgan fingerprint density at radius 1 is 1.00 bits per heavy atom. The number of piperazine rings is 1. The third kappa shape index (κ3) is 5.88. The fraction of sp³-hybridized carbons (Fsp3) is 0.226. The van der Waals surface area contributed by atoms with Crippen LogP contribution < -0.4 is 9.64 Å². The first-order valence-electron chi connectivity index (χ1n) is 13.5. The summed E-state index contributed by atoms with van der Waals surface area (Å²) >= 11 is 2.98. The number of amides is 1. The van der Waals surface area contributed by atoms with Crippen molar-refractivity contribution in [2.45, 2.75) is 17.8 Å². The van der Waals surface area contributed by atoms with Crippen LogP contribution in [0.2, 0.25) is 0 Å². The third-order valence-corrected chi connectivity index (χ3v) is 9.08. The highest BCUT2D eigenvalue weighted by Crippen LogP contribution is 2.32. The summed E-state index contributed by atoms with van der Waals surface area (Å²) in [6.45, 7) is 4.23. The predicted molar refractivity (Wildman–Crippen MR) is 164 cm³/mol. The maximum absolute atomic E-state index is 14.2. The molecule has 0 saturated carbocycles. The van der Waals surface area contributed by atoms with Gasteiger partial charge < -0.3 is 14.5 Å². The summed E-state index contributed by atoms with van der Waals surface area (Å²) in [5, 5.41) is 12.4. The predicted octanol–water partition coefficient (Wildman–Crippen LogP) is 6.10. The first-order valence-corrected chi connectivity index (χ1v) is 15.4. The van der Waals surface area contributed by atoms with Crippen LogP contribution in [-0.2, 0) is 5.75 Å². The lowest BCUT2D eigenvalue weighted by molar-refractivity contribution is 0.0741. The molecule has 0 N–H and O–H groups in total. The van der Waals surface area contributed by atoms with Gasteiger partial charge in [-0.3, -0.25) is 9.36 Å². The van der Waals surface area contributed by atoms with E-state index in [4.69, 9.17) is 4.74 Å². The SMILES string of the molecule is COc1cccc(-c2nnc(SCc3nc(C(=O)N4CCN(c5ccccc5F)CC4)cs3)n2-c2ccc(C)cc2)c1. The van der Waals surface area contributed by atoms with Gasteiger partial charge in [-0.05, 0) is 43.3 Å². The minimum Gasteiger partial charge on any atom is -0.497 e. The van der Waals surface area contributed by atoms with E-state index in [1.807, 2.05) is 45.2 Å². The minimum atomic E-state index is -0.243. The molecular weight excluding hydrogens is 572 g/mol. The van der Waals surface area contributed by atoms with Crippen molar-refractivity contribution in [1.29, 1.82) is 0 Å². The standard InChI is InChI=1S/C31H29FN6O2S2/c1-21-10-12-23(13-11-21)38-29(22-6-5-7-24(18-22)40-2)34-35-31(38)42-20-28-33-26(19-41-28)30(39)37-16-14-36(15-17-37)27-9-4-3-8-25(27)32/h3-13,18-19H,14-17,20H2,1-2H3. The van der Waals surface area contributed by atoms with Crippen molar-refractivity contribution in [3.8, 4) is 22.8 Å². The number of nitrogens with zero attached hydrogens (tertiary/aromatic N) is 6. The summed E-state index contributed by atoms with van der Waals surface area (Å²) in [4.78, 5) is 21.6. The molecule has 1 amide bonds. The van der Waals surface area contributed by atoms with Gasteiger partial charge in [-0.2, -0.15) is 0 Å². The number of hydrogen-bond acceptors (Lipinski definition) is 8. The monoisotopic (exact) mass is 600 g/mol. The third-order valence-electron chi connectivity index (χ3n) is 7.11. The number of thioether (sulfide) groups is 1. The van der Waals surface area contributed by atoms with E-state index in [1.165, 1.54) is 29.2 Å². The van der Waals surface area contributed by atoms with E-state index in [0.717, 1.165) is 32.7 Å². The van der Waals surface area contributed by atoms with Gasteiger partial charge in [0.25, 0.3) is 5.91 Å². The second-order valence-electron chi connectivity index (χ2n) is 9.85. The molecule has 6 rings (SSSR count). The van der Waals surface area contributed by atoms with Crippen molar-refractivity contribution < 1.29 is 13.9 Å². The molecule has 0 bridgehead atoms. The molecule has 42 heavy (non-hydrogen) atoms. The Balaban J connectivity index is 1.16. The fourth-order valence-electron chi connectivity index (χ4n) is 4.86. The van der Waals surface area contributed by atoms with Crippen LogP contribution in [0, 0.1) is 12.7 Å². The highest BCUT2D eigenvalue weighted by molar-refractivity contribution is 7.98. The van der Waals surface area contributed by atoms with Gasteiger partial charge in [0.2, 0.25) is 0 Å². The van der Waals surface area contributed by atoms with Crippen molar-refractivity contribution in [1.82, 2.24) is 24.6 Å². The molecule has 1 aliphatic rings. The molecule has 3 aromatic carbocycles. The number of halogens is 1. The maximum Gasteiger partial charge on any atom is 0.273 e. The molecule has 2 aromatic heterocycles. The Hall–Kier alpha value is -4.22. The van der Waals surface area contributed by atoms with Gasteiger partial charge in [0.15, 0.2) is 11.0 Å². The van der Waals surface area contributed by atoms with E-state index in [2.05, 4.69) is 46.4 Å². The highest BCUT2D eigenvalue weighted by Gasteiger charge is 2.25. The number of para-hydroxylation sites is 1. The lowest BCUT2D eigenvalue weighted by Crippen LogP contribution is -2.49. The highest BCUT2D eigenvalue weighted by atomic mass is 32.2. The van der Waals surface area contributed by atoms with Crippen LogP contribution in [0.1, 0.15) is 21.1 Å². The lowest BCUT2D eigenvalue weighted by atomic mass is 10.2. The molecule has 3 heterocycles. The van der Waals surface area contributed by atoms with Crippen LogP contribution in [0.4, 0.5) is 10.1 Å². The Kier molecular flexibility index (Phi) is 8.20. The molecule has 1 saturated heterocycles. The Morgan fingerprint density at radius 2 is 1.79 bits per heavy atom. The number of ether oxygens (including phenoxy) is 1. The molecule has 11 heteroatoms. The average molecular weight is 601 g/mol. The van der Waals surface area contributed by atoms with Gasteiger partial charge in [0.05, 0.1) is 18.6 Å². The zero-order chi connectivity index (χ0) is 29.1. The first kappa shape index (κ1) is 27.9. The second kappa shape index (κ2) is 12.3. The molecule has 8 nitrogen and oxygen atoms in total. The molecule has 0 unspecified atom stereocenters. The summed E-state index contributed by atoms with van der Waals surface area (Å²) in [5.74, 6) is 1.66. The zero-order valence-electron chi connectivity index (χ0n) is 23.2. The van der Waals surface area contributed by atoms with Crippen LogP contribution in [-0.4, -0.2) is 63.8 Å². The van der Waals surface area contributed by atoms with Crippen LogP contribution in [0.25, 0.3) is 17.1 Å². The van der Waals surface area contributed by atoms with E-state index < -0.39 is 0 Å². The average Bonchev–Trinajstić information content (AvgIpc) is 3.68. The van der Waals surface area contributed by atoms with Crippen molar-refractivity contribution in [3.63, 3.8) is 0 Å². The number of aryl methyl sites for hydroxylation is 1. The number of benzene rings is 3. The maximum atomic E-state index is 14.2. The van der Waals surface area contributed by atoms with Crippen molar-refractivity contribution in [2.24, 2.45) is 0 Å². The van der Waals surface area contributed by atoms with E-state index in [-0.39, 0.29) is 11.7 Å². The molecule has 5 aromatic rings. The number of thiazole rings is 1. The van der Waals surface area contributed by atoms with Gasteiger partial charge in [0.1, 0.15) is 22.3 Å². The number of methoxy groups -OCH3 is 1. The largest absolute Gasteiger partial charge is 0.497 e. The van der Waals surface area contributed by atoms with Gasteiger partial charge in [0, 0.05) is 42.8 Å². The van der Waals surface area contributed by atoms with Crippen LogP contribution >= 0.6 is 23.1 Å². The number of rotatable bonds is 8. The summed E-state index contributed by atoms with van der Waals surface area (Å²) in [6, 6.07) is 22.7. The first-order chi connectivity index (χ1) is 20.5. The van der Waals surface area contributed by atoms with E-state index >= 15 is 0 Å². The van der Waals surface area contributed by atoms with E-state index in [1.54, 1.807) is 24.1 Å². The van der Waals surface area contributed by atoms with Crippen molar-refractivity contribution in [2.75, 3.05) is 38.2 Å². The second-order valence-corrected chi connectivity index (χ2v) is 11.7. The van der Waals surface area contributed by atoms with Crippen LogP contribution in [0.15, 0.2) is 83.3 Å². The van der Waals surface area contributed by atoms with Crippen LogP contribution in [0.3, 0.4) is 0 Å². The van der Waals surface area contributed by atoms with Gasteiger partial charge in [-0.15, -0.1) is 21.5 Å². The molecule has 0 radical (unpaired) electrons. The van der Waals surface area contributed by atoms with Gasteiger partial charge in [-0.25, -0.2) is 9.37 Å². The topological polar surface area (TPSA) is 76.4 Å². The quantitative estimate of drug-likeness (QED) is 0.199. The Labute approximate surface area is 251 Å². The Bertz CT molecular complexity index is 1700. The Morgan fingerprint density at radius 3 is 2.55 bits per heavy atom. The smallest absolute Gasteiger partial charge is 0.273 e.